The molecule has 2 rings (SSSR count). The SMILES string of the molecule is CCc1nnc(SCC(=O)O)n1-c1c(C)cccc1F. The Balaban J connectivity index is 2.53. The number of aryl methyl sites for hydroxylation is 2. The van der Waals surface area contributed by atoms with E-state index < -0.39 is 5.97 Å². The summed E-state index contributed by atoms with van der Waals surface area (Å²) in [5.74, 6) is -0.870. The molecule has 0 saturated heterocycles. The number of para-hydroxylation sites is 1. The van der Waals surface area contributed by atoms with Crippen molar-refractivity contribution >= 4 is 17.7 Å². The number of thioether (sulfide) groups is 1. The fraction of sp³-hybridized carbons (Fsp3) is 0.308. The summed E-state index contributed by atoms with van der Waals surface area (Å²) >= 11 is 1.03. The van der Waals surface area contributed by atoms with Crippen LogP contribution in [0.1, 0.15) is 18.3 Å². The predicted octanol–water partition coefficient (Wildman–Crippen LogP) is 2.45. The summed E-state index contributed by atoms with van der Waals surface area (Å²) in [6, 6.07) is 4.80. The van der Waals surface area contributed by atoms with E-state index in [0.29, 0.717) is 23.1 Å². The summed E-state index contributed by atoms with van der Waals surface area (Å²) in [4.78, 5) is 10.7. The average molecular weight is 295 g/mol. The number of halogens is 1. The van der Waals surface area contributed by atoms with E-state index in [-0.39, 0.29) is 11.6 Å². The van der Waals surface area contributed by atoms with Gasteiger partial charge in [-0.1, -0.05) is 30.8 Å². The van der Waals surface area contributed by atoms with Gasteiger partial charge in [0.25, 0.3) is 0 Å². The van der Waals surface area contributed by atoms with Gasteiger partial charge < -0.3 is 5.11 Å². The zero-order valence-electron chi connectivity index (χ0n) is 11.1. The van der Waals surface area contributed by atoms with Crippen LogP contribution in [0.2, 0.25) is 0 Å². The van der Waals surface area contributed by atoms with Crippen molar-refractivity contribution in [3.63, 3.8) is 0 Å². The standard InChI is InChI=1S/C13H14FN3O2S/c1-3-10-15-16-13(20-7-11(18)19)17(10)12-8(2)5-4-6-9(12)14/h4-6H,3,7H2,1-2H3,(H,18,19). The Hall–Kier alpha value is -1.89. The van der Waals surface area contributed by atoms with E-state index in [4.69, 9.17) is 5.11 Å². The first kappa shape index (κ1) is 14.5. The minimum Gasteiger partial charge on any atom is -0.481 e. The highest BCUT2D eigenvalue weighted by molar-refractivity contribution is 7.99. The highest BCUT2D eigenvalue weighted by atomic mass is 32.2. The van der Waals surface area contributed by atoms with Gasteiger partial charge in [-0.05, 0) is 18.6 Å². The summed E-state index contributed by atoms with van der Waals surface area (Å²) in [7, 11) is 0. The molecule has 7 heteroatoms. The molecule has 0 spiro atoms. The Morgan fingerprint density at radius 1 is 1.45 bits per heavy atom. The maximum Gasteiger partial charge on any atom is 0.313 e. The summed E-state index contributed by atoms with van der Waals surface area (Å²) < 4.78 is 15.7. The highest BCUT2D eigenvalue weighted by Gasteiger charge is 2.18. The van der Waals surface area contributed by atoms with Gasteiger partial charge in [-0.25, -0.2) is 4.39 Å². The molecule has 1 N–H and O–H groups in total. The van der Waals surface area contributed by atoms with Gasteiger partial charge in [0.1, 0.15) is 11.6 Å². The molecule has 0 saturated carbocycles. The Bertz CT molecular complexity index is 622. The molecule has 1 aromatic carbocycles. The summed E-state index contributed by atoms with van der Waals surface area (Å²) in [6.45, 7) is 3.69. The average Bonchev–Trinajstić information content (AvgIpc) is 2.79. The van der Waals surface area contributed by atoms with Gasteiger partial charge in [0.2, 0.25) is 0 Å². The quantitative estimate of drug-likeness (QED) is 0.858. The number of aromatic nitrogens is 3. The maximum absolute atomic E-state index is 14.1. The van der Waals surface area contributed by atoms with Crippen LogP contribution in [0.5, 0.6) is 0 Å². The van der Waals surface area contributed by atoms with E-state index in [1.807, 2.05) is 6.92 Å². The van der Waals surface area contributed by atoms with Crippen LogP contribution in [0.25, 0.3) is 5.69 Å². The van der Waals surface area contributed by atoms with Crippen molar-refractivity contribution in [3.8, 4) is 5.69 Å². The van der Waals surface area contributed by atoms with E-state index >= 15 is 0 Å². The van der Waals surface area contributed by atoms with Gasteiger partial charge >= 0.3 is 5.97 Å². The molecule has 1 aromatic heterocycles. The second kappa shape index (κ2) is 6.04. The van der Waals surface area contributed by atoms with E-state index in [2.05, 4.69) is 10.2 Å². The van der Waals surface area contributed by atoms with Crippen molar-refractivity contribution in [3.05, 3.63) is 35.4 Å². The minimum absolute atomic E-state index is 0.144. The van der Waals surface area contributed by atoms with Gasteiger partial charge in [-0.15, -0.1) is 10.2 Å². The molecule has 0 bridgehead atoms. The van der Waals surface area contributed by atoms with Crippen LogP contribution in [-0.4, -0.2) is 31.6 Å². The third-order valence-corrected chi connectivity index (χ3v) is 3.67. The number of carboxylic acid groups (broad SMARTS) is 1. The van der Waals surface area contributed by atoms with Gasteiger partial charge in [-0.3, -0.25) is 9.36 Å². The third kappa shape index (κ3) is 2.82. The van der Waals surface area contributed by atoms with E-state index in [0.717, 1.165) is 17.3 Å². The molecule has 0 radical (unpaired) electrons. The number of aliphatic carboxylic acids is 1. The van der Waals surface area contributed by atoms with Crippen LogP contribution in [-0.2, 0) is 11.2 Å². The van der Waals surface area contributed by atoms with Gasteiger partial charge in [0.15, 0.2) is 5.16 Å². The molecule has 5 nitrogen and oxygen atoms in total. The van der Waals surface area contributed by atoms with Crippen molar-refractivity contribution < 1.29 is 14.3 Å². The first-order valence-electron chi connectivity index (χ1n) is 6.09. The second-order valence-electron chi connectivity index (χ2n) is 4.18. The lowest BCUT2D eigenvalue weighted by molar-refractivity contribution is -0.133. The number of benzene rings is 1. The monoisotopic (exact) mass is 295 g/mol. The topological polar surface area (TPSA) is 68.0 Å². The lowest BCUT2D eigenvalue weighted by Gasteiger charge is -2.12. The van der Waals surface area contributed by atoms with Crippen LogP contribution in [0.3, 0.4) is 0 Å². The molecule has 20 heavy (non-hydrogen) atoms. The van der Waals surface area contributed by atoms with E-state index in [1.165, 1.54) is 6.07 Å². The Morgan fingerprint density at radius 2 is 2.20 bits per heavy atom. The molecule has 0 aliphatic rings. The summed E-state index contributed by atoms with van der Waals surface area (Å²) in [5, 5.41) is 17.1. The molecule has 1 heterocycles. The Morgan fingerprint density at radius 3 is 2.80 bits per heavy atom. The smallest absolute Gasteiger partial charge is 0.313 e. The molecule has 0 aliphatic heterocycles. The maximum atomic E-state index is 14.1. The van der Waals surface area contributed by atoms with Crippen LogP contribution in [0, 0.1) is 12.7 Å². The van der Waals surface area contributed by atoms with Crippen LogP contribution >= 0.6 is 11.8 Å². The number of nitrogens with zero attached hydrogens (tertiary/aromatic N) is 3. The van der Waals surface area contributed by atoms with Gasteiger partial charge in [0, 0.05) is 6.42 Å². The number of carbonyl (C=O) groups is 1. The molecule has 2 aromatic rings. The molecular weight excluding hydrogens is 281 g/mol. The second-order valence-corrected chi connectivity index (χ2v) is 5.12. The molecule has 0 atom stereocenters. The summed E-state index contributed by atoms with van der Waals surface area (Å²) in [6.07, 6.45) is 0.578. The molecule has 0 fully saturated rings. The summed E-state index contributed by atoms with van der Waals surface area (Å²) in [5.41, 5.74) is 1.12. The third-order valence-electron chi connectivity index (χ3n) is 2.75. The van der Waals surface area contributed by atoms with Gasteiger partial charge in [-0.2, -0.15) is 0 Å². The predicted molar refractivity (Wildman–Crippen MR) is 73.8 cm³/mol. The van der Waals surface area contributed by atoms with Crippen LogP contribution in [0.4, 0.5) is 4.39 Å². The van der Waals surface area contributed by atoms with Crippen molar-refractivity contribution in [2.45, 2.75) is 25.4 Å². The normalized spacial score (nSPS) is 10.8. The lowest BCUT2D eigenvalue weighted by atomic mass is 10.2. The lowest BCUT2D eigenvalue weighted by Crippen LogP contribution is -2.07. The molecule has 106 valence electrons. The largest absolute Gasteiger partial charge is 0.481 e. The highest BCUT2D eigenvalue weighted by Crippen LogP contribution is 2.26. The van der Waals surface area contributed by atoms with Crippen LogP contribution < -0.4 is 0 Å². The molecular formula is C13H14FN3O2S. The Kier molecular flexibility index (Phi) is 4.39. The molecule has 0 unspecified atom stereocenters. The van der Waals surface area contributed by atoms with Crippen molar-refractivity contribution in [1.82, 2.24) is 14.8 Å². The first-order valence-corrected chi connectivity index (χ1v) is 7.07. The van der Waals surface area contributed by atoms with Crippen molar-refractivity contribution in [1.29, 1.82) is 0 Å². The molecule has 0 amide bonds. The van der Waals surface area contributed by atoms with Crippen LogP contribution in [0.15, 0.2) is 23.4 Å². The fourth-order valence-corrected chi connectivity index (χ4v) is 2.56. The number of carboxylic acids is 1. The fourth-order valence-electron chi connectivity index (χ4n) is 1.88. The molecule has 0 aliphatic carbocycles. The number of hydrogen-bond donors (Lipinski definition) is 1. The van der Waals surface area contributed by atoms with Crippen molar-refractivity contribution in [2.24, 2.45) is 0 Å². The minimum atomic E-state index is -0.951. The zero-order chi connectivity index (χ0) is 14.7. The Labute approximate surface area is 119 Å². The van der Waals surface area contributed by atoms with E-state index in [9.17, 15) is 9.18 Å². The first-order chi connectivity index (χ1) is 9.54. The number of rotatable bonds is 5. The number of hydrogen-bond acceptors (Lipinski definition) is 4. The van der Waals surface area contributed by atoms with Crippen molar-refractivity contribution in [2.75, 3.05) is 5.75 Å². The van der Waals surface area contributed by atoms with Gasteiger partial charge in [0.05, 0.1) is 11.4 Å². The zero-order valence-corrected chi connectivity index (χ0v) is 11.9. The van der Waals surface area contributed by atoms with E-state index in [1.54, 1.807) is 23.6 Å².